The van der Waals surface area contributed by atoms with Gasteiger partial charge < -0.3 is 8.83 Å². The van der Waals surface area contributed by atoms with Crippen LogP contribution in [0, 0.1) is 6.92 Å². The van der Waals surface area contributed by atoms with Crippen molar-refractivity contribution in [2.24, 2.45) is 0 Å². The van der Waals surface area contributed by atoms with Gasteiger partial charge in [-0.05, 0) is 167 Å². The van der Waals surface area contributed by atoms with Gasteiger partial charge >= 0.3 is 0 Å². The van der Waals surface area contributed by atoms with Crippen LogP contribution in [-0.2, 0) is 39.9 Å². The molecule has 4 aliphatic carbocycles. The Labute approximate surface area is 447 Å². The molecule has 0 saturated carbocycles. The van der Waals surface area contributed by atoms with Gasteiger partial charge in [0.05, 0.1) is 0 Å². The van der Waals surface area contributed by atoms with Crippen LogP contribution in [-0.4, -0.2) is 0 Å². The van der Waals surface area contributed by atoms with Crippen molar-refractivity contribution in [2.75, 3.05) is 0 Å². The Morgan fingerprint density at radius 3 is 1.68 bits per heavy atom. The predicted molar refractivity (Wildman–Crippen MR) is 318 cm³/mol. The lowest BCUT2D eigenvalue weighted by Gasteiger charge is -2.31. The summed E-state index contributed by atoms with van der Waals surface area (Å²) in [6.45, 7) is 29.0. The van der Waals surface area contributed by atoms with Gasteiger partial charge in [0.15, 0.2) is 0 Å². The molecular weight excluding hydrogens is 921 g/mol. The summed E-state index contributed by atoms with van der Waals surface area (Å²) >= 11 is 0. The molecule has 2 aromatic heterocycles. The van der Waals surface area contributed by atoms with Gasteiger partial charge in [-0.3, -0.25) is 0 Å². The van der Waals surface area contributed by atoms with E-state index in [2.05, 4.69) is 235 Å². The molecule has 1 atom stereocenters. The summed E-state index contributed by atoms with van der Waals surface area (Å²) in [5, 5.41) is 4.89. The highest BCUT2D eigenvalue weighted by atomic mass is 16.3. The van der Waals surface area contributed by atoms with E-state index in [1.165, 1.54) is 138 Å². The van der Waals surface area contributed by atoms with Gasteiger partial charge in [0.2, 0.25) is 0 Å². The summed E-state index contributed by atoms with van der Waals surface area (Å²) in [4.78, 5) is 0. The maximum absolute atomic E-state index is 7.00. The van der Waals surface area contributed by atoms with E-state index in [-0.39, 0.29) is 33.0 Å². The standard InChI is InChI=1S/C74H66O2/c1-40-25-28-44(54(33-40)70(2,3)4)43(34-41-26-29-45-50-38-58-51(39-57(50)72(7,8)55(45)36-41)62-53(71(58,5)6)31-32-61-63(62)48-20-14-17-23-59(48)75-61)35-42-27-30-47-56(37-42)74(11,12)67-64(47)65-49-21-15-18-24-60(49)76-69(65)66-46-19-13-16-22-52(46)73(9,10)68(66)67/h13-33,36-39,43H,34-35H2,1-12H3. The second kappa shape index (κ2) is 14.9. The molecule has 0 radical (unpaired) electrons. The lowest BCUT2D eigenvalue weighted by Crippen LogP contribution is -2.24. The van der Waals surface area contributed by atoms with Crippen LogP contribution in [0.15, 0.2) is 160 Å². The Bertz CT molecular complexity index is 4390. The van der Waals surface area contributed by atoms with Crippen LogP contribution in [0.2, 0.25) is 0 Å². The van der Waals surface area contributed by atoms with E-state index < -0.39 is 0 Å². The van der Waals surface area contributed by atoms with Crippen molar-refractivity contribution in [3.8, 4) is 44.5 Å². The molecule has 2 heteroatoms. The zero-order valence-corrected chi connectivity index (χ0v) is 46.2. The first-order valence-electron chi connectivity index (χ1n) is 27.9. The number of hydrogen-bond acceptors (Lipinski definition) is 2. The lowest BCUT2D eigenvalue weighted by atomic mass is 9.71. The molecule has 1 unspecified atom stereocenters. The SMILES string of the molecule is Cc1ccc(C(Cc2ccc3c(c2)C(C)(C)c2cc4c(cc2-3)C(C)(C)c2ccc3oc5ccccc5c3c2-4)Cc2ccc3c(c2)C(C)(C)c2c4c(c5oc6ccccc6c5c2-3)-c2ccccc2C4(C)C)c(C(C)(C)C)c1. The molecule has 0 amide bonds. The number of aryl methyl sites for hydroxylation is 1. The molecule has 2 heterocycles. The van der Waals surface area contributed by atoms with Crippen LogP contribution in [0.25, 0.3) is 88.4 Å². The smallest absolute Gasteiger partial charge is 0.144 e. The Morgan fingerprint density at radius 2 is 0.961 bits per heavy atom. The van der Waals surface area contributed by atoms with Crippen LogP contribution in [0.5, 0.6) is 0 Å². The van der Waals surface area contributed by atoms with E-state index in [4.69, 9.17) is 8.83 Å². The second-order valence-electron chi connectivity index (χ2n) is 26.5. The highest BCUT2D eigenvalue weighted by Crippen LogP contribution is 2.64. The van der Waals surface area contributed by atoms with Crippen LogP contribution in [0.1, 0.15) is 154 Å². The van der Waals surface area contributed by atoms with Crippen molar-refractivity contribution in [2.45, 2.75) is 129 Å². The second-order valence-corrected chi connectivity index (χ2v) is 26.5. The fraction of sp³-hybridized carbons (Fsp3) is 0.270. The highest BCUT2D eigenvalue weighted by molar-refractivity contribution is 6.21. The molecule has 0 fully saturated rings. The van der Waals surface area contributed by atoms with Crippen molar-refractivity contribution < 1.29 is 8.83 Å². The average Bonchev–Trinajstić information content (AvgIpc) is 4.20. The number of hydrogen-bond donors (Lipinski definition) is 0. The molecule has 4 aliphatic rings. The van der Waals surface area contributed by atoms with E-state index in [1.54, 1.807) is 0 Å². The number of fused-ring (bicyclic) bond motifs is 22. The van der Waals surface area contributed by atoms with Crippen LogP contribution in [0.3, 0.4) is 0 Å². The van der Waals surface area contributed by atoms with Gasteiger partial charge in [-0.25, -0.2) is 0 Å². The van der Waals surface area contributed by atoms with E-state index in [0.717, 1.165) is 35.2 Å². The maximum atomic E-state index is 7.00. The normalized spacial score (nSPS) is 16.9. The highest BCUT2D eigenvalue weighted by Gasteiger charge is 2.49. The summed E-state index contributed by atoms with van der Waals surface area (Å²) in [5.41, 5.74) is 32.2. The monoisotopic (exact) mass is 987 g/mol. The minimum absolute atomic E-state index is 0.0205. The van der Waals surface area contributed by atoms with Crippen molar-refractivity contribution in [1.29, 1.82) is 0 Å². The Kier molecular flexibility index (Phi) is 9.03. The van der Waals surface area contributed by atoms with Gasteiger partial charge in [-0.15, -0.1) is 0 Å². The van der Waals surface area contributed by atoms with E-state index in [1.807, 2.05) is 0 Å². The average molecular weight is 987 g/mol. The molecule has 11 aromatic rings. The fourth-order valence-corrected chi connectivity index (χ4v) is 15.7. The summed E-state index contributed by atoms with van der Waals surface area (Å²) in [7, 11) is 0. The summed E-state index contributed by atoms with van der Waals surface area (Å²) < 4.78 is 13.5. The minimum Gasteiger partial charge on any atom is -0.456 e. The molecule has 9 aromatic carbocycles. The van der Waals surface area contributed by atoms with E-state index in [9.17, 15) is 0 Å². The molecule has 76 heavy (non-hydrogen) atoms. The van der Waals surface area contributed by atoms with Crippen molar-refractivity contribution in [1.82, 2.24) is 0 Å². The third kappa shape index (κ3) is 5.94. The van der Waals surface area contributed by atoms with Crippen molar-refractivity contribution in [3.05, 3.63) is 224 Å². The number of rotatable bonds is 5. The van der Waals surface area contributed by atoms with Crippen molar-refractivity contribution in [3.63, 3.8) is 0 Å². The number of para-hydroxylation sites is 2. The van der Waals surface area contributed by atoms with Crippen LogP contribution < -0.4 is 0 Å². The summed E-state index contributed by atoms with van der Waals surface area (Å²) in [6.07, 6.45) is 1.88. The molecule has 0 spiro atoms. The minimum atomic E-state index is -0.247. The first kappa shape index (κ1) is 45.9. The quantitative estimate of drug-likeness (QED) is 0.172. The molecule has 0 aliphatic heterocycles. The van der Waals surface area contributed by atoms with Gasteiger partial charge in [0.25, 0.3) is 0 Å². The molecule has 374 valence electrons. The Hall–Kier alpha value is -7.42. The zero-order valence-electron chi connectivity index (χ0n) is 46.2. The van der Waals surface area contributed by atoms with Gasteiger partial charge in [0, 0.05) is 48.8 Å². The number of benzene rings is 9. The third-order valence-corrected chi connectivity index (χ3v) is 19.4. The van der Waals surface area contributed by atoms with E-state index >= 15 is 0 Å². The van der Waals surface area contributed by atoms with Gasteiger partial charge in [-0.1, -0.05) is 203 Å². The Balaban J connectivity index is 0.849. The number of furan rings is 2. The molecule has 0 saturated heterocycles. The molecule has 15 rings (SSSR count). The van der Waals surface area contributed by atoms with Crippen LogP contribution in [0.4, 0.5) is 0 Å². The van der Waals surface area contributed by atoms with Gasteiger partial charge in [0.1, 0.15) is 22.3 Å². The van der Waals surface area contributed by atoms with Crippen LogP contribution >= 0.6 is 0 Å². The largest absolute Gasteiger partial charge is 0.456 e. The fourth-order valence-electron chi connectivity index (χ4n) is 15.7. The van der Waals surface area contributed by atoms with E-state index in [0.29, 0.717) is 0 Å². The lowest BCUT2D eigenvalue weighted by molar-refractivity contribution is 0.562. The van der Waals surface area contributed by atoms with Crippen molar-refractivity contribution >= 4 is 43.9 Å². The first-order valence-corrected chi connectivity index (χ1v) is 27.9. The first-order chi connectivity index (χ1) is 36.2. The van der Waals surface area contributed by atoms with Gasteiger partial charge in [-0.2, -0.15) is 0 Å². The Morgan fingerprint density at radius 1 is 0.408 bits per heavy atom. The third-order valence-electron chi connectivity index (χ3n) is 19.4. The topological polar surface area (TPSA) is 26.3 Å². The summed E-state index contributed by atoms with van der Waals surface area (Å²) in [6, 6.07) is 58.2. The summed E-state index contributed by atoms with van der Waals surface area (Å²) in [5.74, 6) is 0.250. The molecule has 2 nitrogen and oxygen atoms in total. The molecular formula is C74H66O2. The maximum Gasteiger partial charge on any atom is 0.144 e. The molecule has 0 bridgehead atoms. The zero-order chi connectivity index (χ0) is 52.3. The molecule has 0 N–H and O–H groups in total. The predicted octanol–water partition coefficient (Wildman–Crippen LogP) is 19.9.